The Morgan fingerprint density at radius 3 is 2.15 bits per heavy atom. The number of unbranched alkanes of at least 4 members (excludes halogenated alkanes) is 4. The van der Waals surface area contributed by atoms with Crippen LogP contribution >= 0.6 is 0 Å². The van der Waals surface area contributed by atoms with Crippen molar-refractivity contribution < 1.29 is 20.1 Å². The Balaban J connectivity index is 3.11. The molecule has 0 aliphatic heterocycles. The minimum absolute atomic E-state index is 0.220. The fraction of sp³-hybridized carbons (Fsp3) is 0.889. The summed E-state index contributed by atoms with van der Waals surface area (Å²) >= 11 is 0. The fourth-order valence-corrected chi connectivity index (χ4v) is 1.10. The van der Waals surface area contributed by atoms with Gasteiger partial charge in [0.2, 0.25) is 0 Å². The van der Waals surface area contributed by atoms with Gasteiger partial charge in [-0.05, 0) is 12.8 Å². The maximum Gasteiger partial charge on any atom is 0.332 e. The van der Waals surface area contributed by atoms with Gasteiger partial charge in [-0.3, -0.25) is 0 Å². The SMILES string of the molecule is O=C(O)C(O)CCCCCCCO. The lowest BCUT2D eigenvalue weighted by Crippen LogP contribution is -2.18. The molecule has 0 aromatic heterocycles. The Hall–Kier alpha value is -0.610. The van der Waals surface area contributed by atoms with Gasteiger partial charge in [-0.2, -0.15) is 0 Å². The molecule has 4 nitrogen and oxygen atoms in total. The minimum Gasteiger partial charge on any atom is -0.479 e. The number of aliphatic carboxylic acids is 1. The van der Waals surface area contributed by atoms with Crippen LogP contribution in [0.2, 0.25) is 0 Å². The summed E-state index contributed by atoms with van der Waals surface area (Å²) in [7, 11) is 0. The molecule has 0 amide bonds. The maximum absolute atomic E-state index is 10.2. The average Bonchev–Trinajstić information content (AvgIpc) is 2.10. The summed E-state index contributed by atoms with van der Waals surface area (Å²) in [5.74, 6) is -1.14. The summed E-state index contributed by atoms with van der Waals surface area (Å²) in [6.07, 6.45) is 3.55. The molecular formula is C9H18O4. The minimum atomic E-state index is -1.21. The van der Waals surface area contributed by atoms with Gasteiger partial charge in [0.1, 0.15) is 0 Å². The van der Waals surface area contributed by atoms with Gasteiger partial charge < -0.3 is 15.3 Å². The third-order valence-electron chi connectivity index (χ3n) is 1.92. The van der Waals surface area contributed by atoms with Crippen LogP contribution in [0.25, 0.3) is 0 Å². The van der Waals surface area contributed by atoms with Crippen LogP contribution in [0, 0.1) is 0 Å². The van der Waals surface area contributed by atoms with Gasteiger partial charge in [-0.1, -0.05) is 25.7 Å². The highest BCUT2D eigenvalue weighted by Crippen LogP contribution is 2.07. The van der Waals surface area contributed by atoms with Crippen LogP contribution in [0.3, 0.4) is 0 Å². The van der Waals surface area contributed by atoms with E-state index >= 15 is 0 Å². The molecule has 0 saturated heterocycles. The normalized spacial score (nSPS) is 12.8. The molecule has 0 aliphatic carbocycles. The smallest absolute Gasteiger partial charge is 0.332 e. The van der Waals surface area contributed by atoms with Crippen LogP contribution in [0.4, 0.5) is 0 Å². The topological polar surface area (TPSA) is 77.8 Å². The van der Waals surface area contributed by atoms with Crippen LogP contribution in [-0.4, -0.2) is 34.0 Å². The molecule has 78 valence electrons. The molecule has 0 fully saturated rings. The number of hydrogen-bond acceptors (Lipinski definition) is 3. The number of hydrogen-bond donors (Lipinski definition) is 3. The van der Waals surface area contributed by atoms with Gasteiger partial charge >= 0.3 is 5.97 Å². The fourth-order valence-electron chi connectivity index (χ4n) is 1.10. The zero-order valence-electron chi connectivity index (χ0n) is 7.78. The number of carboxylic acid groups (broad SMARTS) is 1. The molecule has 0 saturated carbocycles. The van der Waals surface area contributed by atoms with Gasteiger partial charge in [0, 0.05) is 6.61 Å². The number of carbonyl (C=O) groups is 1. The summed E-state index contributed by atoms with van der Waals surface area (Å²) in [5.41, 5.74) is 0. The largest absolute Gasteiger partial charge is 0.479 e. The van der Waals surface area contributed by atoms with E-state index in [1.165, 1.54) is 0 Å². The first-order valence-corrected chi connectivity index (χ1v) is 4.70. The Morgan fingerprint density at radius 1 is 1.08 bits per heavy atom. The molecule has 4 heteroatoms. The highest BCUT2D eigenvalue weighted by atomic mass is 16.4. The van der Waals surface area contributed by atoms with Crippen LogP contribution < -0.4 is 0 Å². The third-order valence-corrected chi connectivity index (χ3v) is 1.92. The maximum atomic E-state index is 10.2. The first kappa shape index (κ1) is 12.4. The van der Waals surface area contributed by atoms with Crippen molar-refractivity contribution in [3.63, 3.8) is 0 Å². The standard InChI is InChI=1S/C9H18O4/c10-7-5-3-1-2-4-6-8(11)9(12)13/h8,10-11H,1-7H2,(H,12,13). The quantitative estimate of drug-likeness (QED) is 0.494. The summed E-state index contributed by atoms with van der Waals surface area (Å²) in [4.78, 5) is 10.2. The van der Waals surface area contributed by atoms with E-state index in [0.29, 0.717) is 6.42 Å². The van der Waals surface area contributed by atoms with Gasteiger partial charge in [0.15, 0.2) is 6.10 Å². The molecule has 0 bridgehead atoms. The molecule has 1 atom stereocenters. The van der Waals surface area contributed by atoms with Crippen molar-refractivity contribution >= 4 is 5.97 Å². The number of rotatable bonds is 8. The molecular weight excluding hydrogens is 172 g/mol. The van der Waals surface area contributed by atoms with Gasteiger partial charge in [-0.15, -0.1) is 0 Å². The van der Waals surface area contributed by atoms with E-state index in [1.807, 2.05) is 0 Å². The van der Waals surface area contributed by atoms with Crippen LogP contribution in [0.1, 0.15) is 38.5 Å². The molecule has 0 aromatic rings. The highest BCUT2D eigenvalue weighted by Gasteiger charge is 2.11. The number of carboxylic acids is 1. The molecule has 1 unspecified atom stereocenters. The van der Waals surface area contributed by atoms with Gasteiger partial charge in [0.25, 0.3) is 0 Å². The zero-order chi connectivity index (χ0) is 10.1. The first-order valence-electron chi connectivity index (χ1n) is 4.70. The lowest BCUT2D eigenvalue weighted by Gasteiger charge is -2.04. The zero-order valence-corrected chi connectivity index (χ0v) is 7.78. The second-order valence-corrected chi connectivity index (χ2v) is 3.13. The first-order chi connectivity index (χ1) is 6.18. The van der Waals surface area contributed by atoms with E-state index in [9.17, 15) is 4.79 Å². The van der Waals surface area contributed by atoms with E-state index in [-0.39, 0.29) is 6.61 Å². The van der Waals surface area contributed by atoms with Gasteiger partial charge in [-0.25, -0.2) is 4.79 Å². The summed E-state index contributed by atoms with van der Waals surface area (Å²) in [6, 6.07) is 0. The lowest BCUT2D eigenvalue weighted by molar-refractivity contribution is -0.146. The summed E-state index contributed by atoms with van der Waals surface area (Å²) < 4.78 is 0. The Bertz CT molecular complexity index is 136. The van der Waals surface area contributed by atoms with Crippen LogP contribution in [-0.2, 0) is 4.79 Å². The second kappa shape index (κ2) is 8.01. The second-order valence-electron chi connectivity index (χ2n) is 3.13. The van der Waals surface area contributed by atoms with Crippen LogP contribution in [0.15, 0.2) is 0 Å². The molecule has 3 N–H and O–H groups in total. The Labute approximate surface area is 78.2 Å². The van der Waals surface area contributed by atoms with Gasteiger partial charge in [0.05, 0.1) is 0 Å². The monoisotopic (exact) mass is 190 g/mol. The predicted molar refractivity (Wildman–Crippen MR) is 48.4 cm³/mol. The summed E-state index contributed by atoms with van der Waals surface area (Å²) in [6.45, 7) is 0.220. The molecule has 0 aliphatic rings. The van der Waals surface area contributed by atoms with E-state index in [4.69, 9.17) is 15.3 Å². The highest BCUT2D eigenvalue weighted by molar-refractivity contribution is 5.71. The van der Waals surface area contributed by atoms with Crippen molar-refractivity contribution in [2.45, 2.75) is 44.6 Å². The Morgan fingerprint density at radius 2 is 1.62 bits per heavy atom. The van der Waals surface area contributed by atoms with E-state index in [0.717, 1.165) is 32.1 Å². The van der Waals surface area contributed by atoms with Crippen molar-refractivity contribution in [1.82, 2.24) is 0 Å². The van der Waals surface area contributed by atoms with E-state index in [2.05, 4.69) is 0 Å². The van der Waals surface area contributed by atoms with Crippen LogP contribution in [0.5, 0.6) is 0 Å². The molecule has 0 aromatic carbocycles. The summed E-state index contributed by atoms with van der Waals surface area (Å²) in [5, 5.41) is 25.7. The molecule has 0 heterocycles. The van der Waals surface area contributed by atoms with Crippen molar-refractivity contribution in [3.05, 3.63) is 0 Å². The molecule has 0 spiro atoms. The molecule has 0 rings (SSSR count). The van der Waals surface area contributed by atoms with Crippen molar-refractivity contribution in [3.8, 4) is 0 Å². The van der Waals surface area contributed by atoms with E-state index < -0.39 is 12.1 Å². The van der Waals surface area contributed by atoms with Crippen molar-refractivity contribution in [2.75, 3.05) is 6.61 Å². The number of aliphatic hydroxyl groups excluding tert-OH is 2. The third kappa shape index (κ3) is 7.74. The van der Waals surface area contributed by atoms with Crippen molar-refractivity contribution in [1.29, 1.82) is 0 Å². The average molecular weight is 190 g/mol. The molecule has 13 heavy (non-hydrogen) atoms. The van der Waals surface area contributed by atoms with E-state index in [1.54, 1.807) is 0 Å². The number of aliphatic hydroxyl groups is 2. The predicted octanol–water partition coefficient (Wildman–Crippen LogP) is 0.765. The van der Waals surface area contributed by atoms with Crippen molar-refractivity contribution in [2.24, 2.45) is 0 Å². The lowest BCUT2D eigenvalue weighted by atomic mass is 10.1. The Kier molecular flexibility index (Phi) is 7.63. The molecule has 0 radical (unpaired) electrons.